The highest BCUT2D eigenvalue weighted by molar-refractivity contribution is 14.1. The molecule has 0 unspecified atom stereocenters. The molecule has 0 aliphatic carbocycles. The normalized spacial score (nSPS) is 15.8. The monoisotopic (exact) mass is 565 g/mol. The summed E-state index contributed by atoms with van der Waals surface area (Å²) in [5.74, 6) is -0.0152. The van der Waals surface area contributed by atoms with Crippen molar-refractivity contribution in [2.45, 2.75) is 25.1 Å². The van der Waals surface area contributed by atoms with Crippen LogP contribution < -0.4 is 18.9 Å². The third-order valence-corrected chi connectivity index (χ3v) is 6.48. The van der Waals surface area contributed by atoms with E-state index in [4.69, 9.17) is 18.9 Å². The highest BCUT2D eigenvalue weighted by Crippen LogP contribution is 2.42. The highest BCUT2D eigenvalue weighted by Gasteiger charge is 2.46. The summed E-state index contributed by atoms with van der Waals surface area (Å²) in [6.07, 6.45) is -4.54. The summed E-state index contributed by atoms with van der Waals surface area (Å²) in [5.41, 5.74) is 2.14. The molecule has 0 spiro atoms. The van der Waals surface area contributed by atoms with E-state index in [1.54, 1.807) is 24.3 Å². The van der Waals surface area contributed by atoms with Gasteiger partial charge in [-0.2, -0.15) is 13.2 Å². The molecule has 2 aromatic rings. The van der Waals surface area contributed by atoms with Crippen molar-refractivity contribution in [1.29, 1.82) is 0 Å². The van der Waals surface area contributed by atoms with Crippen LogP contribution in [-0.4, -0.2) is 52.0 Å². The van der Waals surface area contributed by atoms with E-state index in [1.807, 2.05) is 0 Å². The van der Waals surface area contributed by atoms with Gasteiger partial charge < -0.3 is 23.8 Å². The van der Waals surface area contributed by atoms with Crippen molar-refractivity contribution in [2.24, 2.45) is 0 Å². The smallest absolute Gasteiger partial charge is 0.471 e. The van der Waals surface area contributed by atoms with Crippen molar-refractivity contribution in [3.8, 4) is 23.0 Å². The van der Waals surface area contributed by atoms with Gasteiger partial charge in [0.1, 0.15) is 0 Å². The molecule has 6 nitrogen and oxygen atoms in total. The molecule has 10 heteroatoms. The second kappa shape index (κ2) is 9.63. The predicted molar refractivity (Wildman–Crippen MR) is 120 cm³/mol. The Morgan fingerprint density at radius 1 is 0.969 bits per heavy atom. The molecule has 0 aromatic heterocycles. The van der Waals surface area contributed by atoms with Crippen LogP contribution in [0, 0.1) is 3.57 Å². The molecule has 1 aliphatic rings. The maximum absolute atomic E-state index is 13.4. The van der Waals surface area contributed by atoms with Crippen LogP contribution in [0.2, 0.25) is 0 Å². The molecule has 0 radical (unpaired) electrons. The van der Waals surface area contributed by atoms with E-state index in [-0.39, 0.29) is 19.4 Å². The van der Waals surface area contributed by atoms with E-state index in [0.29, 0.717) is 28.6 Å². The number of hydrogen-bond donors (Lipinski definition) is 0. The number of methoxy groups -OCH3 is 4. The molecular formula is C22H23F3INO5. The molecule has 1 aliphatic heterocycles. The zero-order valence-electron chi connectivity index (χ0n) is 18.0. The molecular weight excluding hydrogens is 542 g/mol. The quantitative estimate of drug-likeness (QED) is 0.482. The van der Waals surface area contributed by atoms with Crippen molar-refractivity contribution < 1.29 is 36.9 Å². The second-order valence-corrected chi connectivity index (χ2v) is 8.33. The van der Waals surface area contributed by atoms with Gasteiger partial charge in [0.2, 0.25) is 0 Å². The Morgan fingerprint density at radius 3 is 2.06 bits per heavy atom. The summed E-state index contributed by atoms with van der Waals surface area (Å²) >= 11 is 2.10. The molecule has 0 N–H and O–H groups in total. The largest absolute Gasteiger partial charge is 0.493 e. The molecule has 1 heterocycles. The van der Waals surface area contributed by atoms with E-state index >= 15 is 0 Å². The van der Waals surface area contributed by atoms with Crippen LogP contribution in [0.1, 0.15) is 22.7 Å². The van der Waals surface area contributed by atoms with Gasteiger partial charge in [-0.3, -0.25) is 4.79 Å². The fourth-order valence-corrected chi connectivity index (χ4v) is 4.57. The first-order valence-electron chi connectivity index (χ1n) is 9.67. The number of carbonyl (C=O) groups excluding carboxylic acids is 1. The molecule has 32 heavy (non-hydrogen) atoms. The van der Waals surface area contributed by atoms with E-state index in [2.05, 4.69) is 22.6 Å². The lowest BCUT2D eigenvalue weighted by Gasteiger charge is -2.38. The predicted octanol–water partition coefficient (Wildman–Crippen LogP) is 4.56. The zero-order valence-corrected chi connectivity index (χ0v) is 20.2. The Balaban J connectivity index is 2.13. The van der Waals surface area contributed by atoms with Gasteiger partial charge in [0.25, 0.3) is 0 Å². The summed E-state index contributed by atoms with van der Waals surface area (Å²) in [6, 6.07) is 6.05. The van der Waals surface area contributed by atoms with Crippen molar-refractivity contribution in [2.75, 3.05) is 35.0 Å². The molecule has 0 fully saturated rings. The van der Waals surface area contributed by atoms with Crippen molar-refractivity contribution in [3.05, 3.63) is 44.5 Å². The minimum atomic E-state index is -4.98. The summed E-state index contributed by atoms with van der Waals surface area (Å²) < 4.78 is 62.4. The van der Waals surface area contributed by atoms with E-state index in [9.17, 15) is 18.0 Å². The number of amides is 1. The van der Waals surface area contributed by atoms with Crippen LogP contribution in [0.4, 0.5) is 13.2 Å². The van der Waals surface area contributed by atoms with E-state index < -0.39 is 18.1 Å². The topological polar surface area (TPSA) is 57.2 Å². The Kier molecular flexibility index (Phi) is 7.31. The first kappa shape index (κ1) is 24.3. The summed E-state index contributed by atoms with van der Waals surface area (Å²) in [6.45, 7) is -0.0602. The maximum atomic E-state index is 13.4. The van der Waals surface area contributed by atoms with E-state index in [0.717, 1.165) is 19.6 Å². The molecule has 2 aromatic carbocycles. The number of fused-ring (bicyclic) bond motifs is 1. The molecule has 3 rings (SSSR count). The molecule has 0 saturated carbocycles. The Labute approximate surface area is 197 Å². The minimum Gasteiger partial charge on any atom is -0.493 e. The van der Waals surface area contributed by atoms with Crippen LogP contribution in [0.5, 0.6) is 23.0 Å². The van der Waals surface area contributed by atoms with Gasteiger partial charge in [0, 0.05) is 10.1 Å². The Morgan fingerprint density at radius 2 is 1.50 bits per heavy atom. The maximum Gasteiger partial charge on any atom is 0.471 e. The summed E-state index contributed by atoms with van der Waals surface area (Å²) in [5, 5.41) is 0. The minimum absolute atomic E-state index is 0.0602. The van der Waals surface area contributed by atoms with Gasteiger partial charge in [-0.1, -0.05) is 0 Å². The number of benzene rings is 2. The molecule has 0 bridgehead atoms. The van der Waals surface area contributed by atoms with Crippen LogP contribution >= 0.6 is 22.6 Å². The lowest BCUT2D eigenvalue weighted by Crippen LogP contribution is -2.47. The van der Waals surface area contributed by atoms with Crippen molar-refractivity contribution >= 4 is 28.5 Å². The lowest BCUT2D eigenvalue weighted by atomic mass is 9.88. The molecule has 1 atom stereocenters. The summed E-state index contributed by atoms with van der Waals surface area (Å²) in [4.78, 5) is 13.2. The number of carbonyl (C=O) groups is 1. The molecule has 174 valence electrons. The first-order chi connectivity index (χ1) is 15.1. The average Bonchev–Trinajstić information content (AvgIpc) is 2.77. The average molecular weight is 565 g/mol. The number of hydrogen-bond acceptors (Lipinski definition) is 5. The third-order valence-electron chi connectivity index (χ3n) is 5.47. The van der Waals surface area contributed by atoms with Crippen LogP contribution in [0.25, 0.3) is 0 Å². The number of halogens is 4. The van der Waals surface area contributed by atoms with Gasteiger partial charge in [0.05, 0.1) is 34.5 Å². The molecule has 0 saturated heterocycles. The van der Waals surface area contributed by atoms with Gasteiger partial charge in [-0.25, -0.2) is 0 Å². The third kappa shape index (κ3) is 4.69. The van der Waals surface area contributed by atoms with Crippen LogP contribution in [0.15, 0.2) is 24.3 Å². The zero-order chi connectivity index (χ0) is 23.6. The fraction of sp³-hybridized carbons (Fsp3) is 0.409. The first-order valence-corrected chi connectivity index (χ1v) is 10.7. The van der Waals surface area contributed by atoms with Crippen molar-refractivity contribution in [1.82, 2.24) is 4.90 Å². The van der Waals surface area contributed by atoms with Crippen molar-refractivity contribution in [3.63, 3.8) is 0 Å². The Bertz CT molecular complexity index is 1010. The van der Waals surface area contributed by atoms with Gasteiger partial charge >= 0.3 is 12.1 Å². The van der Waals surface area contributed by atoms with Gasteiger partial charge in [-0.05, 0) is 76.4 Å². The second-order valence-electron chi connectivity index (χ2n) is 7.17. The van der Waals surface area contributed by atoms with Crippen LogP contribution in [-0.2, 0) is 17.6 Å². The number of nitrogens with zero attached hydrogens (tertiary/aromatic N) is 1. The van der Waals surface area contributed by atoms with Gasteiger partial charge in [0.15, 0.2) is 23.0 Å². The SMILES string of the molecule is COc1cc(I)c(C[C@H]2c3cc(OC)c(OC)cc3CCN2C(=O)C(F)(F)F)cc1OC. The number of ether oxygens (including phenoxy) is 4. The standard InChI is InChI=1S/C22H23F3INO5/c1-29-17-8-12-5-6-27(21(28)22(23,24)25)16(14(12)10-19(17)31-3)7-13-9-18(30-2)20(32-4)11-15(13)26/h8-11,16H,5-7H2,1-4H3/t16-/m0/s1. The fourth-order valence-electron chi connectivity index (χ4n) is 3.92. The molecule has 1 amide bonds. The lowest BCUT2D eigenvalue weighted by molar-refractivity contribution is -0.188. The van der Waals surface area contributed by atoms with Crippen LogP contribution in [0.3, 0.4) is 0 Å². The number of alkyl halides is 3. The van der Waals surface area contributed by atoms with E-state index in [1.165, 1.54) is 28.4 Å². The summed E-state index contributed by atoms with van der Waals surface area (Å²) in [7, 11) is 5.95. The number of rotatable bonds is 6. The Hall–Kier alpha value is -2.37. The van der Waals surface area contributed by atoms with Gasteiger partial charge in [-0.15, -0.1) is 0 Å². The highest BCUT2D eigenvalue weighted by atomic mass is 127.